The summed E-state index contributed by atoms with van der Waals surface area (Å²) in [4.78, 5) is 25.5. The number of aromatic amines is 2. The van der Waals surface area contributed by atoms with Crippen molar-refractivity contribution in [2.75, 3.05) is 5.73 Å². The van der Waals surface area contributed by atoms with Crippen LogP contribution >= 0.6 is 0 Å². The van der Waals surface area contributed by atoms with Gasteiger partial charge in [-0.25, -0.2) is 4.98 Å². The maximum absolute atomic E-state index is 13.5. The van der Waals surface area contributed by atoms with E-state index in [1.165, 1.54) is 0 Å². The number of nitrogens with two attached hydrogens (primary N) is 1. The second-order valence-corrected chi connectivity index (χ2v) is 9.17. The molecular formula is C27H22N6O2. The number of hydrogen-bond acceptors (Lipinski definition) is 6. The summed E-state index contributed by atoms with van der Waals surface area (Å²) in [6.07, 6.45) is 10.5. The van der Waals surface area contributed by atoms with Crippen LogP contribution in [-0.4, -0.2) is 37.4 Å². The third kappa shape index (κ3) is 3.18. The maximum Gasteiger partial charge on any atom is 0.261 e. The molecule has 2 aliphatic heterocycles. The summed E-state index contributed by atoms with van der Waals surface area (Å²) >= 11 is 0. The van der Waals surface area contributed by atoms with Crippen molar-refractivity contribution in [2.24, 2.45) is 0 Å². The Morgan fingerprint density at radius 2 is 1.94 bits per heavy atom. The van der Waals surface area contributed by atoms with Gasteiger partial charge in [-0.05, 0) is 54.7 Å². The van der Waals surface area contributed by atoms with Crippen LogP contribution in [0.15, 0.2) is 65.9 Å². The van der Waals surface area contributed by atoms with Gasteiger partial charge >= 0.3 is 0 Å². The number of ether oxygens (including phenoxy) is 1. The highest BCUT2D eigenvalue weighted by atomic mass is 16.5. The molecular weight excluding hydrogens is 440 g/mol. The number of pyridine rings is 1. The van der Waals surface area contributed by atoms with Crippen LogP contribution in [-0.2, 0) is 4.74 Å². The third-order valence-corrected chi connectivity index (χ3v) is 7.07. The summed E-state index contributed by atoms with van der Waals surface area (Å²) < 4.78 is 6.05. The highest BCUT2D eigenvalue weighted by Crippen LogP contribution is 2.42. The molecule has 3 aromatic heterocycles. The topological polar surface area (TPSA) is 123 Å². The molecule has 5 aromatic rings. The third-order valence-electron chi connectivity index (χ3n) is 7.07. The largest absolute Gasteiger partial charge is 0.398 e. The first-order valence-electron chi connectivity index (χ1n) is 11.7. The maximum atomic E-state index is 13.5. The predicted molar refractivity (Wildman–Crippen MR) is 136 cm³/mol. The van der Waals surface area contributed by atoms with Crippen molar-refractivity contribution in [2.45, 2.75) is 31.5 Å². The summed E-state index contributed by atoms with van der Waals surface area (Å²) in [6, 6.07) is 11.7. The molecule has 2 aromatic carbocycles. The molecule has 8 heteroatoms. The standard InChI is InChI=1S/C27H22N6O2/c28-24-20(18-2-1-3-22-21(18)13-30-33-22)12-19(15-10-16-4-5-17(11-15)35-16)25-23(24)27(34)32-26(31-25)14-6-8-29-9-7-14/h1-3,6-10,12-13,16-17H,4-5,11,28H2,(H,30,33)(H,31,32,34). The van der Waals surface area contributed by atoms with Crippen LogP contribution in [0.3, 0.4) is 0 Å². The summed E-state index contributed by atoms with van der Waals surface area (Å²) in [5, 5.41) is 8.57. The van der Waals surface area contributed by atoms with Gasteiger partial charge in [0, 0.05) is 34.5 Å². The van der Waals surface area contributed by atoms with E-state index in [0.717, 1.165) is 58.0 Å². The number of H-pyrrole nitrogens is 2. The zero-order chi connectivity index (χ0) is 23.5. The van der Waals surface area contributed by atoms with Gasteiger partial charge in [-0.15, -0.1) is 0 Å². The lowest BCUT2D eigenvalue weighted by atomic mass is 9.90. The molecule has 1 fully saturated rings. The van der Waals surface area contributed by atoms with Gasteiger partial charge in [-0.2, -0.15) is 5.10 Å². The van der Waals surface area contributed by atoms with E-state index in [-0.39, 0.29) is 17.8 Å². The first kappa shape index (κ1) is 20.1. The molecule has 35 heavy (non-hydrogen) atoms. The molecule has 2 bridgehead atoms. The normalized spacial score (nSPS) is 19.4. The minimum absolute atomic E-state index is 0.0961. The molecule has 2 aliphatic rings. The zero-order valence-corrected chi connectivity index (χ0v) is 18.8. The van der Waals surface area contributed by atoms with E-state index in [0.29, 0.717) is 22.4 Å². The molecule has 4 N–H and O–H groups in total. The van der Waals surface area contributed by atoms with E-state index in [9.17, 15) is 4.79 Å². The van der Waals surface area contributed by atoms with E-state index in [2.05, 4.69) is 32.3 Å². The van der Waals surface area contributed by atoms with Gasteiger partial charge in [0.2, 0.25) is 0 Å². The van der Waals surface area contributed by atoms with Gasteiger partial charge in [0.15, 0.2) is 0 Å². The Balaban J connectivity index is 1.55. The van der Waals surface area contributed by atoms with E-state index in [4.69, 9.17) is 15.5 Å². The van der Waals surface area contributed by atoms with Gasteiger partial charge in [0.1, 0.15) is 5.82 Å². The van der Waals surface area contributed by atoms with Crippen molar-refractivity contribution in [3.8, 4) is 22.5 Å². The van der Waals surface area contributed by atoms with Crippen LogP contribution < -0.4 is 11.3 Å². The van der Waals surface area contributed by atoms with Crippen molar-refractivity contribution in [3.05, 3.63) is 77.0 Å². The predicted octanol–water partition coefficient (Wildman–Crippen LogP) is 4.45. The van der Waals surface area contributed by atoms with Crippen LogP contribution in [0, 0.1) is 0 Å². The van der Waals surface area contributed by atoms with Crippen molar-refractivity contribution in [3.63, 3.8) is 0 Å². The average Bonchev–Trinajstić information content (AvgIpc) is 3.50. The van der Waals surface area contributed by atoms with Crippen molar-refractivity contribution in [1.29, 1.82) is 0 Å². The molecule has 0 saturated carbocycles. The fourth-order valence-corrected chi connectivity index (χ4v) is 5.40. The summed E-state index contributed by atoms with van der Waals surface area (Å²) in [7, 11) is 0. The van der Waals surface area contributed by atoms with Gasteiger partial charge in [0.05, 0.1) is 40.5 Å². The van der Waals surface area contributed by atoms with Gasteiger partial charge in [-0.1, -0.05) is 18.2 Å². The summed E-state index contributed by atoms with van der Waals surface area (Å²) in [5.41, 5.74) is 12.9. The lowest BCUT2D eigenvalue weighted by Gasteiger charge is -2.23. The Morgan fingerprint density at radius 3 is 2.80 bits per heavy atom. The average molecular weight is 463 g/mol. The van der Waals surface area contributed by atoms with Gasteiger partial charge in [0.25, 0.3) is 5.56 Å². The van der Waals surface area contributed by atoms with E-state index in [1.807, 2.05) is 30.3 Å². The minimum atomic E-state index is -0.266. The highest BCUT2D eigenvalue weighted by molar-refractivity contribution is 6.08. The molecule has 1 saturated heterocycles. The zero-order valence-electron chi connectivity index (χ0n) is 18.8. The van der Waals surface area contributed by atoms with Crippen LogP contribution in [0.25, 0.3) is 49.9 Å². The number of nitrogens with one attached hydrogen (secondary N) is 2. The number of anilines is 1. The quantitative estimate of drug-likeness (QED) is 0.341. The molecule has 172 valence electrons. The lowest BCUT2D eigenvalue weighted by molar-refractivity contribution is 0.0672. The molecule has 0 aliphatic carbocycles. The number of aromatic nitrogens is 5. The van der Waals surface area contributed by atoms with Gasteiger partial charge < -0.3 is 15.5 Å². The second-order valence-electron chi connectivity index (χ2n) is 9.17. The Bertz CT molecular complexity index is 1700. The number of hydrogen-bond donors (Lipinski definition) is 3. The first-order chi connectivity index (χ1) is 17.2. The second kappa shape index (κ2) is 7.61. The molecule has 0 amide bonds. The fourth-order valence-electron chi connectivity index (χ4n) is 5.40. The Kier molecular flexibility index (Phi) is 4.37. The van der Waals surface area contributed by atoms with E-state index < -0.39 is 0 Å². The highest BCUT2D eigenvalue weighted by Gasteiger charge is 2.31. The van der Waals surface area contributed by atoms with Crippen LogP contribution in [0.4, 0.5) is 5.69 Å². The van der Waals surface area contributed by atoms with E-state index in [1.54, 1.807) is 18.6 Å². The Labute approximate surface area is 199 Å². The van der Waals surface area contributed by atoms with Crippen molar-refractivity contribution < 1.29 is 4.74 Å². The van der Waals surface area contributed by atoms with Crippen molar-refractivity contribution >= 4 is 33.1 Å². The van der Waals surface area contributed by atoms with Gasteiger partial charge in [-0.3, -0.25) is 14.9 Å². The molecule has 2 unspecified atom stereocenters. The lowest BCUT2D eigenvalue weighted by Crippen LogP contribution is -2.17. The molecule has 8 nitrogen and oxygen atoms in total. The number of fused-ring (bicyclic) bond motifs is 4. The Hall–Kier alpha value is -4.30. The molecule has 5 heterocycles. The molecule has 7 rings (SSSR count). The molecule has 0 spiro atoms. The molecule has 0 radical (unpaired) electrons. The SMILES string of the molecule is Nc1c(-c2cccc3[nH]ncc23)cc(C2=CC3CCC(C2)O3)c2nc(-c3ccncc3)[nH]c(=O)c12. The van der Waals surface area contributed by atoms with Crippen LogP contribution in [0.2, 0.25) is 0 Å². The van der Waals surface area contributed by atoms with E-state index >= 15 is 0 Å². The Morgan fingerprint density at radius 1 is 1.06 bits per heavy atom. The summed E-state index contributed by atoms with van der Waals surface area (Å²) in [5.74, 6) is 0.492. The van der Waals surface area contributed by atoms with Crippen molar-refractivity contribution in [1.82, 2.24) is 25.1 Å². The number of nitrogens with zero attached hydrogens (tertiary/aromatic N) is 3. The first-order valence-corrected chi connectivity index (χ1v) is 11.7. The minimum Gasteiger partial charge on any atom is -0.398 e. The van der Waals surface area contributed by atoms with Crippen LogP contribution in [0.5, 0.6) is 0 Å². The summed E-state index contributed by atoms with van der Waals surface area (Å²) in [6.45, 7) is 0. The molecule has 2 atom stereocenters. The number of benzene rings is 2. The van der Waals surface area contributed by atoms with Crippen LogP contribution in [0.1, 0.15) is 24.8 Å². The smallest absolute Gasteiger partial charge is 0.261 e. The number of rotatable bonds is 3. The monoisotopic (exact) mass is 462 g/mol. The fraction of sp³-hybridized carbons (Fsp3) is 0.185. The number of nitrogen functional groups attached to an aromatic ring is 1.